The Kier molecular flexibility index (Phi) is 4.25. The van der Waals surface area contributed by atoms with Crippen LogP contribution in [0.2, 0.25) is 0 Å². The number of hydrogen-bond donors (Lipinski definition) is 1. The maximum atomic E-state index is 6.02. The van der Waals surface area contributed by atoms with Crippen molar-refractivity contribution < 1.29 is 0 Å². The van der Waals surface area contributed by atoms with Crippen molar-refractivity contribution in [2.24, 2.45) is 11.1 Å². The summed E-state index contributed by atoms with van der Waals surface area (Å²) in [5.41, 5.74) is 12.8. The van der Waals surface area contributed by atoms with Crippen LogP contribution in [0.4, 0.5) is 0 Å². The van der Waals surface area contributed by atoms with Gasteiger partial charge in [-0.2, -0.15) is 0 Å². The van der Waals surface area contributed by atoms with Crippen LogP contribution in [0.15, 0.2) is 34.4 Å². The fraction of sp³-hybridized carbons (Fsp3) is 0.600. The standard InChI is InChI=1S/C15H20ClN.ClH/c16-10-11-1-2-12-8-15(9-13(12)7-11)5-3-14(17)4-6-15;/h1-2,10,14H,3-9,17H2;1H. The smallest absolute Gasteiger partial charge is 0.00778 e. The summed E-state index contributed by atoms with van der Waals surface area (Å²) < 4.78 is 0. The Hall–Kier alpha value is -0.240. The van der Waals surface area contributed by atoms with Crippen LogP contribution in [0.3, 0.4) is 0 Å². The van der Waals surface area contributed by atoms with Crippen molar-refractivity contribution >= 4 is 24.0 Å². The van der Waals surface area contributed by atoms with Gasteiger partial charge in [0.2, 0.25) is 0 Å². The SMILES string of the molecule is Cl.NC1CCC2(CC1)CC1=C(CC(=CCl)C=C1)C2. The van der Waals surface area contributed by atoms with Gasteiger partial charge in [0.05, 0.1) is 0 Å². The number of nitrogens with two attached hydrogens (primary N) is 1. The Labute approximate surface area is 121 Å². The van der Waals surface area contributed by atoms with Gasteiger partial charge in [-0.1, -0.05) is 29.3 Å². The minimum Gasteiger partial charge on any atom is -0.328 e. The van der Waals surface area contributed by atoms with E-state index in [0.717, 1.165) is 6.42 Å². The van der Waals surface area contributed by atoms with Crippen molar-refractivity contribution in [1.82, 2.24) is 0 Å². The molecule has 3 heteroatoms. The molecule has 2 N–H and O–H groups in total. The van der Waals surface area contributed by atoms with Gasteiger partial charge < -0.3 is 5.73 Å². The lowest BCUT2D eigenvalue weighted by Crippen LogP contribution is -2.32. The zero-order chi connectivity index (χ0) is 11.9. The van der Waals surface area contributed by atoms with Gasteiger partial charge in [0.1, 0.15) is 0 Å². The van der Waals surface area contributed by atoms with E-state index < -0.39 is 0 Å². The molecule has 0 aliphatic heterocycles. The van der Waals surface area contributed by atoms with E-state index in [-0.39, 0.29) is 12.4 Å². The van der Waals surface area contributed by atoms with E-state index in [1.165, 1.54) is 44.1 Å². The Morgan fingerprint density at radius 2 is 1.94 bits per heavy atom. The molecule has 0 atom stereocenters. The summed E-state index contributed by atoms with van der Waals surface area (Å²) in [6, 6.07) is 0.451. The second-order valence-electron chi connectivity index (χ2n) is 6.01. The van der Waals surface area contributed by atoms with Crippen LogP contribution in [0, 0.1) is 5.41 Å². The molecule has 1 spiro atoms. The largest absolute Gasteiger partial charge is 0.328 e. The normalized spacial score (nSPS) is 37.0. The summed E-state index contributed by atoms with van der Waals surface area (Å²) in [5, 5.41) is 0. The van der Waals surface area contributed by atoms with E-state index in [9.17, 15) is 0 Å². The predicted molar refractivity (Wildman–Crippen MR) is 80.1 cm³/mol. The Morgan fingerprint density at radius 3 is 2.61 bits per heavy atom. The highest BCUT2D eigenvalue weighted by atomic mass is 35.5. The number of rotatable bonds is 0. The van der Waals surface area contributed by atoms with Gasteiger partial charge in [-0.25, -0.2) is 0 Å². The van der Waals surface area contributed by atoms with Crippen molar-refractivity contribution in [3.8, 4) is 0 Å². The molecule has 1 fully saturated rings. The molecule has 0 bridgehead atoms. The Bertz CT molecular complexity index is 412. The average Bonchev–Trinajstić information content (AvgIpc) is 2.70. The maximum absolute atomic E-state index is 6.02. The molecule has 0 radical (unpaired) electrons. The lowest BCUT2D eigenvalue weighted by Gasteiger charge is -2.36. The summed E-state index contributed by atoms with van der Waals surface area (Å²) in [5.74, 6) is 0. The highest BCUT2D eigenvalue weighted by Gasteiger charge is 2.40. The van der Waals surface area contributed by atoms with E-state index in [1.807, 2.05) is 0 Å². The van der Waals surface area contributed by atoms with E-state index in [2.05, 4.69) is 12.2 Å². The van der Waals surface area contributed by atoms with Gasteiger partial charge in [0.15, 0.2) is 0 Å². The topological polar surface area (TPSA) is 26.0 Å². The van der Waals surface area contributed by atoms with Crippen LogP contribution in [0.1, 0.15) is 44.9 Å². The van der Waals surface area contributed by atoms with Gasteiger partial charge in [0, 0.05) is 11.6 Å². The minimum absolute atomic E-state index is 0. The molecule has 100 valence electrons. The fourth-order valence-electron chi connectivity index (χ4n) is 3.70. The fourth-order valence-corrected chi connectivity index (χ4v) is 3.85. The minimum atomic E-state index is 0. The predicted octanol–water partition coefficient (Wildman–Crippen LogP) is 4.47. The first-order valence-corrected chi connectivity index (χ1v) is 7.08. The summed E-state index contributed by atoms with van der Waals surface area (Å²) in [6.45, 7) is 0. The van der Waals surface area contributed by atoms with Gasteiger partial charge >= 0.3 is 0 Å². The molecule has 3 rings (SSSR count). The summed E-state index contributed by atoms with van der Waals surface area (Å²) in [7, 11) is 0. The number of hydrogen-bond acceptors (Lipinski definition) is 1. The molecule has 0 aromatic heterocycles. The van der Waals surface area contributed by atoms with Gasteiger partial charge in [-0.3, -0.25) is 0 Å². The summed E-state index contributed by atoms with van der Waals surface area (Å²) in [4.78, 5) is 0. The molecule has 0 amide bonds. The molecule has 1 nitrogen and oxygen atoms in total. The molecule has 0 aromatic rings. The van der Waals surface area contributed by atoms with Crippen LogP contribution >= 0.6 is 24.0 Å². The Morgan fingerprint density at radius 1 is 1.22 bits per heavy atom. The molecule has 3 aliphatic carbocycles. The third-order valence-electron chi connectivity index (χ3n) is 4.76. The highest BCUT2D eigenvalue weighted by molar-refractivity contribution is 6.25. The van der Waals surface area contributed by atoms with Crippen molar-refractivity contribution in [1.29, 1.82) is 0 Å². The van der Waals surface area contributed by atoms with Gasteiger partial charge in [-0.15, -0.1) is 12.4 Å². The highest BCUT2D eigenvalue weighted by Crippen LogP contribution is 2.53. The van der Waals surface area contributed by atoms with Gasteiger partial charge in [0.25, 0.3) is 0 Å². The summed E-state index contributed by atoms with van der Waals surface area (Å²) >= 11 is 5.81. The third kappa shape index (κ3) is 2.54. The molecule has 0 heterocycles. The maximum Gasteiger partial charge on any atom is 0.00778 e. The first kappa shape index (κ1) is 14.2. The van der Waals surface area contributed by atoms with Crippen LogP contribution in [-0.4, -0.2) is 6.04 Å². The van der Waals surface area contributed by atoms with E-state index in [4.69, 9.17) is 17.3 Å². The lowest BCUT2D eigenvalue weighted by molar-refractivity contribution is 0.187. The van der Waals surface area contributed by atoms with E-state index in [0.29, 0.717) is 11.5 Å². The van der Waals surface area contributed by atoms with Crippen LogP contribution in [-0.2, 0) is 0 Å². The first-order chi connectivity index (χ1) is 8.21. The van der Waals surface area contributed by atoms with Crippen molar-refractivity contribution in [3.05, 3.63) is 34.4 Å². The second kappa shape index (κ2) is 5.40. The quantitative estimate of drug-likeness (QED) is 0.698. The molecular formula is C15H21Cl2N. The first-order valence-electron chi connectivity index (χ1n) is 6.65. The lowest BCUT2D eigenvalue weighted by atomic mass is 9.70. The Balaban J connectivity index is 0.00000120. The van der Waals surface area contributed by atoms with Crippen molar-refractivity contribution in [3.63, 3.8) is 0 Å². The number of halogens is 2. The van der Waals surface area contributed by atoms with Crippen molar-refractivity contribution in [2.75, 3.05) is 0 Å². The third-order valence-corrected chi connectivity index (χ3v) is 5.04. The summed E-state index contributed by atoms with van der Waals surface area (Å²) in [6.07, 6.45) is 13.2. The molecule has 0 aromatic carbocycles. The molecular weight excluding hydrogens is 265 g/mol. The molecule has 3 aliphatic rings. The molecule has 18 heavy (non-hydrogen) atoms. The monoisotopic (exact) mass is 285 g/mol. The average molecular weight is 286 g/mol. The van der Waals surface area contributed by atoms with Gasteiger partial charge in [-0.05, 0) is 61.5 Å². The zero-order valence-corrected chi connectivity index (χ0v) is 12.2. The number of allylic oxidation sites excluding steroid dienone is 5. The molecule has 1 saturated carbocycles. The second-order valence-corrected chi connectivity index (χ2v) is 6.23. The van der Waals surface area contributed by atoms with E-state index in [1.54, 1.807) is 16.7 Å². The van der Waals surface area contributed by atoms with Crippen LogP contribution in [0.25, 0.3) is 0 Å². The van der Waals surface area contributed by atoms with E-state index >= 15 is 0 Å². The van der Waals surface area contributed by atoms with Crippen molar-refractivity contribution in [2.45, 2.75) is 51.0 Å². The molecule has 0 saturated heterocycles. The van der Waals surface area contributed by atoms with Crippen LogP contribution in [0.5, 0.6) is 0 Å². The zero-order valence-electron chi connectivity index (χ0n) is 10.6. The van der Waals surface area contributed by atoms with Crippen LogP contribution < -0.4 is 5.73 Å². The molecule has 0 unspecified atom stereocenters.